The Hall–Kier alpha value is -0.930. The molecular weight excluding hydrogens is 162 g/mol. The first kappa shape index (κ1) is 10.2. The Morgan fingerprint density at radius 3 is 2.92 bits per heavy atom. The molecule has 1 aromatic heterocycles. The quantitative estimate of drug-likeness (QED) is 0.653. The lowest BCUT2D eigenvalue weighted by molar-refractivity contribution is 0.650. The highest BCUT2D eigenvalue weighted by Crippen LogP contribution is 1.99. The molecule has 0 bridgehead atoms. The lowest BCUT2D eigenvalue weighted by Gasteiger charge is -2.04. The van der Waals surface area contributed by atoms with Gasteiger partial charge in [0.2, 0.25) is 0 Å². The molecular formula is C10H17N3. The van der Waals surface area contributed by atoms with Gasteiger partial charge in [-0.1, -0.05) is 0 Å². The molecule has 0 saturated heterocycles. The van der Waals surface area contributed by atoms with Crippen LogP contribution < -0.4 is 10.6 Å². The second kappa shape index (κ2) is 5.67. The van der Waals surface area contributed by atoms with Crippen LogP contribution in [0.4, 0.5) is 0 Å². The summed E-state index contributed by atoms with van der Waals surface area (Å²) < 4.78 is 0. The number of aromatic nitrogens is 1. The van der Waals surface area contributed by atoms with Crippen molar-refractivity contribution in [3.05, 3.63) is 29.6 Å². The number of pyridine rings is 1. The van der Waals surface area contributed by atoms with Crippen molar-refractivity contribution < 1.29 is 0 Å². The zero-order valence-corrected chi connectivity index (χ0v) is 8.30. The Morgan fingerprint density at radius 2 is 2.23 bits per heavy atom. The molecule has 0 aliphatic carbocycles. The van der Waals surface area contributed by atoms with Gasteiger partial charge in [-0.05, 0) is 31.7 Å². The topological polar surface area (TPSA) is 37.0 Å². The van der Waals surface area contributed by atoms with Crippen LogP contribution in [-0.4, -0.2) is 25.1 Å². The van der Waals surface area contributed by atoms with E-state index in [-0.39, 0.29) is 0 Å². The van der Waals surface area contributed by atoms with Crippen molar-refractivity contribution in [2.24, 2.45) is 0 Å². The fraction of sp³-hybridized carbons (Fsp3) is 0.500. The summed E-state index contributed by atoms with van der Waals surface area (Å²) in [5.74, 6) is 0. The van der Waals surface area contributed by atoms with Crippen LogP contribution in [0.25, 0.3) is 0 Å². The predicted molar refractivity (Wildman–Crippen MR) is 54.6 cm³/mol. The highest BCUT2D eigenvalue weighted by molar-refractivity contribution is 5.14. The van der Waals surface area contributed by atoms with Crippen LogP contribution in [0.3, 0.4) is 0 Å². The SMILES string of the molecule is CNCCNCc1ccnc(C)c1. The third-order valence-electron chi connectivity index (χ3n) is 1.84. The number of nitrogens with zero attached hydrogens (tertiary/aromatic N) is 1. The van der Waals surface area contributed by atoms with E-state index in [9.17, 15) is 0 Å². The van der Waals surface area contributed by atoms with Gasteiger partial charge in [-0.15, -0.1) is 0 Å². The number of nitrogens with one attached hydrogen (secondary N) is 2. The summed E-state index contributed by atoms with van der Waals surface area (Å²) in [6.07, 6.45) is 1.85. The van der Waals surface area contributed by atoms with Gasteiger partial charge in [-0.3, -0.25) is 4.98 Å². The van der Waals surface area contributed by atoms with Crippen LogP contribution in [-0.2, 0) is 6.54 Å². The Labute approximate surface area is 79.6 Å². The normalized spacial score (nSPS) is 10.3. The molecule has 2 N–H and O–H groups in total. The molecule has 0 fully saturated rings. The van der Waals surface area contributed by atoms with Crippen LogP contribution in [0.5, 0.6) is 0 Å². The minimum atomic E-state index is 0.922. The predicted octanol–water partition coefficient (Wildman–Crippen LogP) is 0.699. The molecule has 0 unspecified atom stereocenters. The summed E-state index contributed by atoms with van der Waals surface area (Å²) in [7, 11) is 1.96. The monoisotopic (exact) mass is 179 g/mol. The third kappa shape index (κ3) is 4.01. The van der Waals surface area contributed by atoms with Crippen LogP contribution in [0.2, 0.25) is 0 Å². The van der Waals surface area contributed by atoms with Gasteiger partial charge in [0.1, 0.15) is 0 Å². The van der Waals surface area contributed by atoms with Crippen LogP contribution in [0.15, 0.2) is 18.3 Å². The maximum absolute atomic E-state index is 4.14. The zero-order valence-electron chi connectivity index (χ0n) is 8.30. The fourth-order valence-electron chi connectivity index (χ4n) is 1.16. The maximum atomic E-state index is 4.14. The van der Waals surface area contributed by atoms with E-state index >= 15 is 0 Å². The van der Waals surface area contributed by atoms with E-state index in [1.807, 2.05) is 26.2 Å². The van der Waals surface area contributed by atoms with Gasteiger partial charge in [0.25, 0.3) is 0 Å². The molecule has 3 nitrogen and oxygen atoms in total. The van der Waals surface area contributed by atoms with Crippen molar-refractivity contribution in [3.8, 4) is 0 Å². The van der Waals surface area contributed by atoms with Gasteiger partial charge in [-0.25, -0.2) is 0 Å². The van der Waals surface area contributed by atoms with Gasteiger partial charge in [0, 0.05) is 31.5 Å². The third-order valence-corrected chi connectivity index (χ3v) is 1.84. The van der Waals surface area contributed by atoms with Crippen molar-refractivity contribution >= 4 is 0 Å². The average molecular weight is 179 g/mol. The number of hydrogen-bond acceptors (Lipinski definition) is 3. The van der Waals surface area contributed by atoms with Crippen molar-refractivity contribution in [2.45, 2.75) is 13.5 Å². The molecule has 13 heavy (non-hydrogen) atoms. The molecule has 0 saturated carbocycles. The molecule has 72 valence electrons. The van der Waals surface area contributed by atoms with Crippen molar-refractivity contribution in [2.75, 3.05) is 20.1 Å². The summed E-state index contributed by atoms with van der Waals surface area (Å²) in [5.41, 5.74) is 2.37. The molecule has 0 radical (unpaired) electrons. The summed E-state index contributed by atoms with van der Waals surface area (Å²) >= 11 is 0. The van der Waals surface area contributed by atoms with Crippen molar-refractivity contribution in [1.82, 2.24) is 15.6 Å². The van der Waals surface area contributed by atoms with E-state index < -0.39 is 0 Å². The minimum Gasteiger partial charge on any atom is -0.318 e. The summed E-state index contributed by atoms with van der Waals surface area (Å²) in [6, 6.07) is 4.14. The molecule has 1 aromatic rings. The lowest BCUT2D eigenvalue weighted by atomic mass is 10.2. The molecule has 0 aromatic carbocycles. The molecule has 1 rings (SSSR count). The first-order chi connectivity index (χ1) is 6.33. The number of rotatable bonds is 5. The first-order valence-electron chi connectivity index (χ1n) is 4.60. The summed E-state index contributed by atoms with van der Waals surface area (Å²) in [5, 5.41) is 6.43. The number of likely N-dealkylation sites (N-methyl/N-ethyl adjacent to an activating group) is 1. The van der Waals surface area contributed by atoms with Gasteiger partial charge < -0.3 is 10.6 Å². The molecule has 0 atom stereocenters. The van der Waals surface area contributed by atoms with Crippen molar-refractivity contribution in [1.29, 1.82) is 0 Å². The second-order valence-electron chi connectivity index (χ2n) is 3.09. The van der Waals surface area contributed by atoms with Crippen LogP contribution in [0, 0.1) is 6.92 Å². The summed E-state index contributed by atoms with van der Waals surface area (Å²) in [6.45, 7) is 4.93. The van der Waals surface area contributed by atoms with E-state index in [1.54, 1.807) is 0 Å². The molecule has 0 aliphatic heterocycles. The van der Waals surface area contributed by atoms with E-state index in [1.165, 1.54) is 5.56 Å². The Bertz CT molecular complexity index is 248. The Balaban J connectivity index is 2.28. The van der Waals surface area contributed by atoms with E-state index in [0.29, 0.717) is 0 Å². The molecule has 0 spiro atoms. The minimum absolute atomic E-state index is 0.922. The highest BCUT2D eigenvalue weighted by Gasteiger charge is 1.92. The molecule has 1 heterocycles. The van der Waals surface area contributed by atoms with E-state index in [2.05, 4.69) is 21.7 Å². The Morgan fingerprint density at radius 1 is 1.38 bits per heavy atom. The van der Waals surface area contributed by atoms with Gasteiger partial charge >= 0.3 is 0 Å². The highest BCUT2D eigenvalue weighted by atomic mass is 14.9. The standard InChI is InChI=1S/C10H17N3/c1-9-7-10(3-4-13-9)8-12-6-5-11-2/h3-4,7,11-12H,5-6,8H2,1-2H3. The maximum Gasteiger partial charge on any atom is 0.0375 e. The first-order valence-corrected chi connectivity index (χ1v) is 4.60. The Kier molecular flexibility index (Phi) is 4.43. The van der Waals surface area contributed by atoms with E-state index in [4.69, 9.17) is 0 Å². The number of aryl methyl sites for hydroxylation is 1. The lowest BCUT2D eigenvalue weighted by Crippen LogP contribution is -2.24. The fourth-order valence-corrected chi connectivity index (χ4v) is 1.16. The van der Waals surface area contributed by atoms with Crippen LogP contribution in [0.1, 0.15) is 11.3 Å². The summed E-state index contributed by atoms with van der Waals surface area (Å²) in [4.78, 5) is 4.14. The molecule has 0 aliphatic rings. The van der Waals surface area contributed by atoms with Gasteiger partial charge in [-0.2, -0.15) is 0 Å². The molecule has 3 heteroatoms. The van der Waals surface area contributed by atoms with E-state index in [0.717, 1.165) is 25.3 Å². The smallest absolute Gasteiger partial charge is 0.0375 e. The number of hydrogen-bond donors (Lipinski definition) is 2. The average Bonchev–Trinajstić information content (AvgIpc) is 2.13. The van der Waals surface area contributed by atoms with Gasteiger partial charge in [0.05, 0.1) is 0 Å². The molecule has 0 amide bonds. The second-order valence-corrected chi connectivity index (χ2v) is 3.09. The van der Waals surface area contributed by atoms with Crippen molar-refractivity contribution in [3.63, 3.8) is 0 Å². The van der Waals surface area contributed by atoms with Gasteiger partial charge in [0.15, 0.2) is 0 Å². The largest absolute Gasteiger partial charge is 0.318 e. The van der Waals surface area contributed by atoms with Crippen LogP contribution >= 0.6 is 0 Å². The zero-order chi connectivity index (χ0) is 9.52.